The Morgan fingerprint density at radius 2 is 0.643 bits per heavy atom. The molecule has 0 N–H and O–H groups in total. The molecule has 0 radical (unpaired) electrons. The van der Waals surface area contributed by atoms with Gasteiger partial charge in [-0.15, -0.1) is 0 Å². The molecule has 6 nitrogen and oxygen atoms in total. The van der Waals surface area contributed by atoms with Crippen molar-refractivity contribution in [3.8, 4) is 28.8 Å². The molecule has 14 rings (SSSR count). The third-order valence-electron chi connectivity index (χ3n) is 14.2. The molecule has 0 aliphatic rings. The van der Waals surface area contributed by atoms with E-state index in [0.717, 1.165) is 78.0 Å². The minimum absolute atomic E-state index is 0.796. The van der Waals surface area contributed by atoms with E-state index in [0.29, 0.717) is 0 Å². The highest BCUT2D eigenvalue weighted by Gasteiger charge is 2.43. The van der Waals surface area contributed by atoms with Crippen LogP contribution in [0.4, 0.5) is 0 Å². The molecule has 7 heteroatoms. The maximum atomic E-state index is 5.87. The van der Waals surface area contributed by atoms with Gasteiger partial charge in [-0.25, -0.2) is 15.0 Å². The number of aromatic nitrogens is 6. The highest BCUT2D eigenvalue weighted by atomic mass is 28.3. The van der Waals surface area contributed by atoms with Crippen LogP contribution in [0, 0.1) is 0 Å². The van der Waals surface area contributed by atoms with Gasteiger partial charge in [-0.1, -0.05) is 188 Å². The molecule has 0 atom stereocenters. The zero-order valence-corrected chi connectivity index (χ0v) is 38.9. The smallest absolute Gasteiger partial charge is 0.201 e. The SMILES string of the molecule is c1ccc([Si](c2ccccc2)(c2ccccc2)c2cccc(-n3c4ccccc4c4ccc5c(c6ccccc6n5-c5cccc(-c6cccc(-n7c8ccccc8c8ccccc87)n6)n5)c43)n2)cc1. The van der Waals surface area contributed by atoms with Crippen molar-refractivity contribution in [3.63, 3.8) is 0 Å². The molecule has 6 heterocycles. The van der Waals surface area contributed by atoms with Gasteiger partial charge < -0.3 is 0 Å². The maximum Gasteiger partial charge on any atom is 0.201 e. The van der Waals surface area contributed by atoms with Gasteiger partial charge in [-0.05, 0) is 82.3 Å². The molecule has 8 aromatic carbocycles. The average molecular weight is 911 g/mol. The number of nitrogens with zero attached hydrogens (tertiary/aromatic N) is 6. The molecule has 0 amide bonds. The van der Waals surface area contributed by atoms with E-state index in [1.165, 1.54) is 37.1 Å². The van der Waals surface area contributed by atoms with Crippen LogP contribution in [-0.4, -0.2) is 36.7 Å². The summed E-state index contributed by atoms with van der Waals surface area (Å²) in [4.78, 5) is 16.6. The zero-order chi connectivity index (χ0) is 46.2. The number of pyridine rings is 3. The van der Waals surface area contributed by atoms with Crippen LogP contribution >= 0.6 is 0 Å². The van der Waals surface area contributed by atoms with Crippen molar-refractivity contribution in [2.45, 2.75) is 0 Å². The van der Waals surface area contributed by atoms with Gasteiger partial charge in [0.1, 0.15) is 17.5 Å². The minimum Gasteiger partial charge on any atom is -0.294 e. The predicted molar refractivity (Wildman–Crippen MR) is 292 cm³/mol. The Morgan fingerprint density at radius 1 is 0.257 bits per heavy atom. The van der Waals surface area contributed by atoms with Gasteiger partial charge in [0.15, 0.2) is 0 Å². The summed E-state index contributed by atoms with van der Waals surface area (Å²) < 4.78 is 6.98. The molecule has 0 saturated heterocycles. The van der Waals surface area contributed by atoms with Crippen LogP contribution in [0.2, 0.25) is 0 Å². The van der Waals surface area contributed by atoms with Crippen molar-refractivity contribution in [3.05, 3.63) is 255 Å². The molecule has 0 aliphatic carbocycles. The number of hydrogen-bond acceptors (Lipinski definition) is 3. The summed E-state index contributed by atoms with van der Waals surface area (Å²) in [7, 11) is -2.94. The Morgan fingerprint density at radius 3 is 1.16 bits per heavy atom. The van der Waals surface area contributed by atoms with Gasteiger partial charge in [0.2, 0.25) is 8.07 Å². The van der Waals surface area contributed by atoms with Gasteiger partial charge in [0, 0.05) is 37.6 Å². The van der Waals surface area contributed by atoms with Crippen LogP contribution in [-0.2, 0) is 0 Å². The molecular formula is C63H42N6Si. The second kappa shape index (κ2) is 16.0. The molecule has 70 heavy (non-hydrogen) atoms. The van der Waals surface area contributed by atoms with Crippen molar-refractivity contribution >= 4 is 94.4 Å². The molecule has 0 fully saturated rings. The molecular weight excluding hydrogens is 869 g/mol. The standard InChI is InChI=1S/C63H42N6Si/c1-4-21-43(22-5-1)70(44-23-6-2-7-24-44,45-25-8-3-9-26-45)61-40-20-39-60(66-61)69-55-35-16-12-29-48(55)49-41-42-57-62(63(49)69)50-30-13-17-36-56(50)68(57)59-38-19-32-52(65-59)51-31-18-37-58(64-51)67-53-33-14-10-27-46(53)47-28-11-15-34-54(47)67/h1-42H. The molecule has 0 spiro atoms. The van der Waals surface area contributed by atoms with Crippen LogP contribution < -0.4 is 20.9 Å². The first-order chi connectivity index (χ1) is 34.8. The van der Waals surface area contributed by atoms with E-state index >= 15 is 0 Å². The fraction of sp³-hybridized carbons (Fsp3) is 0. The van der Waals surface area contributed by atoms with Crippen molar-refractivity contribution in [2.24, 2.45) is 0 Å². The van der Waals surface area contributed by atoms with Crippen LogP contribution in [0.5, 0.6) is 0 Å². The van der Waals surface area contributed by atoms with Crippen LogP contribution in [0.1, 0.15) is 0 Å². The van der Waals surface area contributed by atoms with E-state index < -0.39 is 8.07 Å². The fourth-order valence-corrected chi connectivity index (χ4v) is 15.9. The number of fused-ring (bicyclic) bond motifs is 10. The van der Waals surface area contributed by atoms with E-state index in [1.807, 2.05) is 0 Å². The highest BCUT2D eigenvalue weighted by Crippen LogP contribution is 2.42. The van der Waals surface area contributed by atoms with Gasteiger partial charge in [0.05, 0.1) is 44.5 Å². The van der Waals surface area contributed by atoms with Crippen LogP contribution in [0.25, 0.3) is 94.3 Å². The first-order valence-corrected chi connectivity index (χ1v) is 25.8. The lowest BCUT2D eigenvalue weighted by atomic mass is 10.1. The third kappa shape index (κ3) is 5.95. The van der Waals surface area contributed by atoms with Crippen molar-refractivity contribution in [1.82, 2.24) is 28.7 Å². The van der Waals surface area contributed by atoms with Gasteiger partial charge in [-0.2, -0.15) is 0 Å². The quantitative estimate of drug-likeness (QED) is 0.113. The zero-order valence-electron chi connectivity index (χ0n) is 37.9. The highest BCUT2D eigenvalue weighted by molar-refractivity contribution is 7.19. The van der Waals surface area contributed by atoms with Crippen molar-refractivity contribution in [2.75, 3.05) is 0 Å². The normalized spacial score (nSPS) is 12.0. The Hall–Kier alpha value is -9.17. The summed E-state index contributed by atoms with van der Waals surface area (Å²) in [5.74, 6) is 2.55. The molecule has 0 bridgehead atoms. The van der Waals surface area contributed by atoms with E-state index in [2.05, 4.69) is 268 Å². The second-order valence-electron chi connectivity index (χ2n) is 17.9. The fourth-order valence-electron chi connectivity index (χ4n) is 11.3. The number of benzene rings is 8. The lowest BCUT2D eigenvalue weighted by molar-refractivity contribution is 1.06. The molecule has 14 aromatic rings. The Bertz CT molecular complexity index is 4160. The van der Waals surface area contributed by atoms with Crippen LogP contribution in [0.15, 0.2) is 255 Å². The summed E-state index contributed by atoms with van der Waals surface area (Å²) >= 11 is 0. The van der Waals surface area contributed by atoms with Crippen molar-refractivity contribution < 1.29 is 0 Å². The lowest BCUT2D eigenvalue weighted by Crippen LogP contribution is -2.75. The van der Waals surface area contributed by atoms with E-state index in [1.54, 1.807) is 0 Å². The first kappa shape index (κ1) is 39.9. The summed E-state index contributed by atoms with van der Waals surface area (Å²) in [6, 6.07) is 91.3. The van der Waals surface area contributed by atoms with E-state index in [4.69, 9.17) is 15.0 Å². The van der Waals surface area contributed by atoms with Crippen molar-refractivity contribution in [1.29, 1.82) is 0 Å². The third-order valence-corrected chi connectivity index (χ3v) is 18.9. The summed E-state index contributed by atoms with van der Waals surface area (Å²) in [6.07, 6.45) is 0. The number of rotatable bonds is 8. The number of hydrogen-bond donors (Lipinski definition) is 0. The largest absolute Gasteiger partial charge is 0.294 e. The second-order valence-corrected chi connectivity index (χ2v) is 21.7. The van der Waals surface area contributed by atoms with Crippen LogP contribution in [0.3, 0.4) is 0 Å². The molecule has 0 aliphatic heterocycles. The first-order valence-electron chi connectivity index (χ1n) is 23.8. The topological polar surface area (TPSA) is 53.5 Å². The Labute approximate surface area is 404 Å². The summed E-state index contributed by atoms with van der Waals surface area (Å²) in [6.45, 7) is 0. The summed E-state index contributed by atoms with van der Waals surface area (Å²) in [5.41, 5.74) is 8.19. The molecule has 0 saturated carbocycles. The van der Waals surface area contributed by atoms with Gasteiger partial charge in [-0.3, -0.25) is 13.7 Å². The molecule has 6 aromatic heterocycles. The van der Waals surface area contributed by atoms with Gasteiger partial charge >= 0.3 is 0 Å². The van der Waals surface area contributed by atoms with E-state index in [-0.39, 0.29) is 0 Å². The summed E-state index contributed by atoms with van der Waals surface area (Å²) in [5, 5.41) is 12.0. The number of para-hydroxylation sites is 4. The Balaban J connectivity index is 0.986. The average Bonchev–Trinajstić information content (AvgIpc) is 4.08. The molecule has 328 valence electrons. The van der Waals surface area contributed by atoms with Gasteiger partial charge in [0.25, 0.3) is 0 Å². The minimum atomic E-state index is -2.94. The molecule has 0 unspecified atom stereocenters. The van der Waals surface area contributed by atoms with E-state index in [9.17, 15) is 0 Å². The predicted octanol–water partition coefficient (Wildman–Crippen LogP) is 12.2. The lowest BCUT2D eigenvalue weighted by Gasteiger charge is -2.33. The maximum absolute atomic E-state index is 5.87. The monoisotopic (exact) mass is 910 g/mol. The Kier molecular flexibility index (Phi) is 9.12.